The number of carbonyl (C=O) groups excluding carboxylic acids is 1. The summed E-state index contributed by atoms with van der Waals surface area (Å²) in [6.07, 6.45) is 12.0. The van der Waals surface area contributed by atoms with Crippen LogP contribution in [0.3, 0.4) is 0 Å². The topological polar surface area (TPSA) is 142 Å². The van der Waals surface area contributed by atoms with E-state index in [1.54, 1.807) is 22.0 Å². The first-order valence-electron chi connectivity index (χ1n) is 14.8. The average molecular weight is 624 g/mol. The molecule has 234 valence electrons. The van der Waals surface area contributed by atoms with Crippen molar-refractivity contribution >= 4 is 17.8 Å². The Kier molecular flexibility index (Phi) is 8.91. The molecule has 0 radical (unpaired) electrons. The number of halogens is 2. The highest BCUT2D eigenvalue weighted by Crippen LogP contribution is 2.30. The molecule has 1 saturated carbocycles. The van der Waals surface area contributed by atoms with E-state index in [2.05, 4.69) is 35.8 Å². The van der Waals surface area contributed by atoms with Gasteiger partial charge in [-0.1, -0.05) is 30.3 Å². The molecule has 4 heterocycles. The summed E-state index contributed by atoms with van der Waals surface area (Å²) in [6.45, 7) is -2.42. The number of hydrogen-bond donors (Lipinski definition) is 2. The monoisotopic (exact) mass is 623 g/mol. The summed E-state index contributed by atoms with van der Waals surface area (Å²) in [7, 11) is 1.85. The van der Waals surface area contributed by atoms with Crippen molar-refractivity contribution in [1.29, 1.82) is 5.26 Å². The van der Waals surface area contributed by atoms with Crippen LogP contribution in [0.1, 0.15) is 43.4 Å². The molecule has 6 rings (SSSR count). The number of nitriles is 1. The van der Waals surface area contributed by atoms with E-state index < -0.39 is 6.55 Å². The Bertz CT molecular complexity index is 1820. The molecule has 2 amide bonds. The number of aryl methyl sites for hydroxylation is 1. The summed E-state index contributed by atoms with van der Waals surface area (Å²) in [5.41, 5.74) is 3.50. The van der Waals surface area contributed by atoms with Crippen molar-refractivity contribution in [2.24, 2.45) is 7.05 Å². The molecular formula is C32H31F2N11O. The standard InChI is InChI=1S/C32H31F2N11O/c1-43-19-24(17-39-43)22-7-12-28(36-15-22)45(32(46)38-14-21-5-3-2-4-6-21)27-10-8-26(9-11-27)41-31-37-16-23(13-35)29(42-31)25-18-40-44(20-25)30(33)34/h2-7,12,15-20,26-27,30H,8-11,14H2,1H3,(H,38,46)(H,37,41,42)/t26-,27-. The van der Waals surface area contributed by atoms with Crippen LogP contribution in [-0.2, 0) is 13.6 Å². The first-order valence-corrected chi connectivity index (χ1v) is 14.8. The van der Waals surface area contributed by atoms with Gasteiger partial charge in [-0.3, -0.25) is 9.58 Å². The van der Waals surface area contributed by atoms with Crippen LogP contribution in [0.15, 0.2) is 79.6 Å². The number of carbonyl (C=O) groups is 1. The number of alkyl halides is 2. The lowest BCUT2D eigenvalue weighted by molar-refractivity contribution is 0.0566. The Morgan fingerprint density at radius 2 is 1.76 bits per heavy atom. The van der Waals surface area contributed by atoms with Gasteiger partial charge < -0.3 is 10.6 Å². The second-order valence-electron chi connectivity index (χ2n) is 11.0. The van der Waals surface area contributed by atoms with Crippen molar-refractivity contribution in [3.63, 3.8) is 0 Å². The zero-order valence-corrected chi connectivity index (χ0v) is 25.0. The molecule has 1 aliphatic carbocycles. The quantitative estimate of drug-likeness (QED) is 0.218. The van der Waals surface area contributed by atoms with E-state index in [-0.39, 0.29) is 35.3 Å². The fourth-order valence-electron chi connectivity index (χ4n) is 5.57. The molecule has 0 bridgehead atoms. The number of urea groups is 1. The number of rotatable bonds is 9. The molecule has 0 unspecified atom stereocenters. The minimum atomic E-state index is -2.80. The van der Waals surface area contributed by atoms with Crippen LogP contribution in [0, 0.1) is 11.3 Å². The van der Waals surface area contributed by atoms with Gasteiger partial charge in [0.2, 0.25) is 5.95 Å². The lowest BCUT2D eigenvalue weighted by Crippen LogP contribution is -2.49. The van der Waals surface area contributed by atoms with Crippen LogP contribution in [0.5, 0.6) is 0 Å². The van der Waals surface area contributed by atoms with Crippen molar-refractivity contribution in [2.45, 2.75) is 50.9 Å². The molecular weight excluding hydrogens is 592 g/mol. The number of nitrogens with zero attached hydrogens (tertiary/aromatic N) is 9. The molecule has 12 nitrogen and oxygen atoms in total. The largest absolute Gasteiger partial charge is 0.351 e. The SMILES string of the molecule is Cn1cc(-c2ccc(N(C(=O)NCc3ccccc3)[C@H]3CC[C@H](Nc4ncc(C#N)c(-c5cnn(C(F)F)c5)n4)CC3)nc2)cn1. The van der Waals surface area contributed by atoms with Gasteiger partial charge >= 0.3 is 12.6 Å². The minimum Gasteiger partial charge on any atom is -0.351 e. The first-order chi connectivity index (χ1) is 22.4. The van der Waals surface area contributed by atoms with Gasteiger partial charge in [0, 0.05) is 61.0 Å². The minimum absolute atomic E-state index is 0.00373. The third-order valence-corrected chi connectivity index (χ3v) is 7.92. The molecule has 14 heteroatoms. The zero-order chi connectivity index (χ0) is 32.0. The van der Waals surface area contributed by atoms with Gasteiger partial charge in [0.25, 0.3) is 0 Å². The van der Waals surface area contributed by atoms with Gasteiger partial charge in [-0.25, -0.2) is 24.4 Å². The van der Waals surface area contributed by atoms with E-state index in [0.29, 0.717) is 48.3 Å². The van der Waals surface area contributed by atoms with Crippen molar-refractivity contribution in [2.75, 3.05) is 10.2 Å². The summed E-state index contributed by atoms with van der Waals surface area (Å²) in [4.78, 5) is 28.8. The van der Waals surface area contributed by atoms with Crippen LogP contribution in [0.4, 0.5) is 25.3 Å². The Hall–Kier alpha value is -5.71. The molecule has 5 aromatic rings. The molecule has 4 aromatic heterocycles. The van der Waals surface area contributed by atoms with Crippen LogP contribution in [0.2, 0.25) is 0 Å². The Morgan fingerprint density at radius 1 is 0.978 bits per heavy atom. The van der Waals surface area contributed by atoms with Gasteiger partial charge in [0.05, 0.1) is 29.8 Å². The third-order valence-electron chi connectivity index (χ3n) is 7.92. The predicted molar refractivity (Wildman–Crippen MR) is 166 cm³/mol. The summed E-state index contributed by atoms with van der Waals surface area (Å²) < 4.78 is 28.4. The van der Waals surface area contributed by atoms with Crippen molar-refractivity contribution in [1.82, 2.24) is 39.8 Å². The Morgan fingerprint density at radius 3 is 2.41 bits per heavy atom. The van der Waals surface area contributed by atoms with Crippen molar-refractivity contribution < 1.29 is 13.6 Å². The highest BCUT2D eigenvalue weighted by molar-refractivity contribution is 5.91. The lowest BCUT2D eigenvalue weighted by atomic mass is 9.90. The number of pyridine rings is 1. The third kappa shape index (κ3) is 6.83. The molecule has 0 atom stereocenters. The second-order valence-corrected chi connectivity index (χ2v) is 11.0. The van der Waals surface area contributed by atoms with Gasteiger partial charge in [0.15, 0.2) is 0 Å². The molecule has 0 saturated heterocycles. The molecule has 2 N–H and O–H groups in total. The van der Waals surface area contributed by atoms with E-state index in [4.69, 9.17) is 0 Å². The van der Waals surface area contributed by atoms with Crippen LogP contribution in [-0.4, -0.2) is 52.6 Å². The molecule has 0 spiro atoms. The number of amides is 2. The Labute approximate surface area is 263 Å². The predicted octanol–water partition coefficient (Wildman–Crippen LogP) is 5.54. The number of hydrogen-bond acceptors (Lipinski definition) is 8. The van der Waals surface area contributed by atoms with Gasteiger partial charge in [-0.05, 0) is 43.4 Å². The first kappa shape index (κ1) is 30.3. The van der Waals surface area contributed by atoms with E-state index in [1.807, 2.05) is 61.8 Å². The maximum atomic E-state index is 13.7. The molecule has 1 aliphatic rings. The van der Waals surface area contributed by atoms with E-state index >= 15 is 0 Å². The number of aromatic nitrogens is 7. The van der Waals surface area contributed by atoms with E-state index in [0.717, 1.165) is 22.9 Å². The van der Waals surface area contributed by atoms with Crippen molar-refractivity contribution in [3.8, 4) is 28.5 Å². The van der Waals surface area contributed by atoms with Gasteiger partial charge in [-0.15, -0.1) is 0 Å². The molecule has 1 fully saturated rings. The van der Waals surface area contributed by atoms with Crippen molar-refractivity contribution in [3.05, 3.63) is 90.8 Å². The highest BCUT2D eigenvalue weighted by atomic mass is 19.3. The van der Waals surface area contributed by atoms with Crippen LogP contribution >= 0.6 is 0 Å². The highest BCUT2D eigenvalue weighted by Gasteiger charge is 2.31. The number of anilines is 2. The maximum absolute atomic E-state index is 13.7. The van der Waals surface area contributed by atoms with E-state index in [9.17, 15) is 18.8 Å². The summed E-state index contributed by atoms with van der Waals surface area (Å²) >= 11 is 0. The average Bonchev–Trinajstić information content (AvgIpc) is 3.76. The van der Waals surface area contributed by atoms with Gasteiger partial charge in [-0.2, -0.15) is 24.2 Å². The summed E-state index contributed by atoms with van der Waals surface area (Å²) in [6, 6.07) is 15.2. The number of nitrogens with one attached hydrogen (secondary N) is 2. The maximum Gasteiger partial charge on any atom is 0.333 e. The van der Waals surface area contributed by atoms with Crippen LogP contribution < -0.4 is 15.5 Å². The molecule has 0 aliphatic heterocycles. The summed E-state index contributed by atoms with van der Waals surface area (Å²) in [5, 5.41) is 23.8. The fraction of sp³-hybridized carbons (Fsp3) is 0.281. The zero-order valence-electron chi connectivity index (χ0n) is 25.0. The van der Waals surface area contributed by atoms with Crippen LogP contribution in [0.25, 0.3) is 22.4 Å². The fourth-order valence-corrected chi connectivity index (χ4v) is 5.57. The van der Waals surface area contributed by atoms with Gasteiger partial charge in [0.1, 0.15) is 11.9 Å². The Balaban J connectivity index is 1.16. The number of benzene rings is 1. The molecule has 46 heavy (non-hydrogen) atoms. The lowest BCUT2D eigenvalue weighted by Gasteiger charge is -2.36. The second kappa shape index (κ2) is 13.5. The summed E-state index contributed by atoms with van der Waals surface area (Å²) in [5.74, 6) is 0.839. The smallest absolute Gasteiger partial charge is 0.333 e. The normalized spacial score (nSPS) is 16.2. The van der Waals surface area contributed by atoms with E-state index in [1.165, 1.54) is 12.4 Å². The molecule has 1 aromatic carbocycles.